The van der Waals surface area contributed by atoms with Crippen molar-refractivity contribution in [2.75, 3.05) is 26.7 Å². The lowest BCUT2D eigenvalue weighted by Gasteiger charge is -2.29. The SMILES string of the molecule is CON1CCC(CC(=O)NCC#CC2CC2)CC1. The normalized spacial score (nSPS) is 21.2. The van der Waals surface area contributed by atoms with Crippen LogP contribution < -0.4 is 5.32 Å². The molecule has 0 radical (unpaired) electrons. The van der Waals surface area contributed by atoms with Crippen LogP contribution >= 0.6 is 0 Å². The summed E-state index contributed by atoms with van der Waals surface area (Å²) in [5.41, 5.74) is 0. The van der Waals surface area contributed by atoms with E-state index in [1.165, 1.54) is 12.8 Å². The maximum absolute atomic E-state index is 11.7. The van der Waals surface area contributed by atoms with E-state index in [-0.39, 0.29) is 5.91 Å². The fraction of sp³-hybridized carbons (Fsp3) is 0.786. The van der Waals surface area contributed by atoms with Crippen LogP contribution in [-0.2, 0) is 9.63 Å². The van der Waals surface area contributed by atoms with Gasteiger partial charge in [0.05, 0.1) is 13.7 Å². The molecule has 2 aliphatic rings. The molecule has 1 saturated heterocycles. The van der Waals surface area contributed by atoms with E-state index in [1.54, 1.807) is 7.11 Å². The summed E-state index contributed by atoms with van der Waals surface area (Å²) in [5.74, 6) is 7.40. The number of hydroxylamine groups is 2. The molecule has 0 aromatic rings. The molecular formula is C14H22N2O2. The maximum Gasteiger partial charge on any atom is 0.221 e. The summed E-state index contributed by atoms with van der Waals surface area (Å²) in [6.07, 6.45) is 5.17. The van der Waals surface area contributed by atoms with Crippen molar-refractivity contribution in [3.63, 3.8) is 0 Å². The highest BCUT2D eigenvalue weighted by molar-refractivity contribution is 5.76. The van der Waals surface area contributed by atoms with Gasteiger partial charge in [-0.05, 0) is 31.6 Å². The summed E-state index contributed by atoms with van der Waals surface area (Å²) in [7, 11) is 1.70. The summed E-state index contributed by atoms with van der Waals surface area (Å²) >= 11 is 0. The predicted molar refractivity (Wildman–Crippen MR) is 69.4 cm³/mol. The Kier molecular flexibility index (Phi) is 5.03. The molecule has 1 aliphatic carbocycles. The van der Waals surface area contributed by atoms with E-state index in [0.717, 1.165) is 25.9 Å². The molecule has 18 heavy (non-hydrogen) atoms. The molecule has 0 aromatic heterocycles. The number of carbonyl (C=O) groups excluding carboxylic acids is 1. The number of rotatable bonds is 4. The Morgan fingerprint density at radius 3 is 2.67 bits per heavy atom. The molecule has 2 rings (SSSR count). The highest BCUT2D eigenvalue weighted by atomic mass is 16.7. The Morgan fingerprint density at radius 1 is 1.33 bits per heavy atom. The van der Waals surface area contributed by atoms with E-state index >= 15 is 0 Å². The van der Waals surface area contributed by atoms with E-state index < -0.39 is 0 Å². The highest BCUT2D eigenvalue weighted by Gasteiger charge is 2.21. The minimum Gasteiger partial charge on any atom is -0.345 e. The third-order valence-corrected chi connectivity index (χ3v) is 3.56. The van der Waals surface area contributed by atoms with Crippen molar-refractivity contribution in [3.05, 3.63) is 0 Å². The van der Waals surface area contributed by atoms with Crippen LogP contribution in [0.2, 0.25) is 0 Å². The zero-order valence-electron chi connectivity index (χ0n) is 11.1. The first-order valence-corrected chi connectivity index (χ1v) is 6.82. The van der Waals surface area contributed by atoms with Gasteiger partial charge in [0.2, 0.25) is 5.91 Å². The van der Waals surface area contributed by atoms with Crippen LogP contribution in [0.1, 0.15) is 32.1 Å². The standard InChI is InChI=1S/C14H22N2O2/c1-18-16-9-6-13(7-10-16)11-14(17)15-8-2-3-12-4-5-12/h12-13H,4-11H2,1H3,(H,15,17). The summed E-state index contributed by atoms with van der Waals surface area (Å²) in [5, 5.41) is 4.83. The van der Waals surface area contributed by atoms with Gasteiger partial charge in [-0.15, -0.1) is 0 Å². The van der Waals surface area contributed by atoms with Crippen molar-refractivity contribution in [1.29, 1.82) is 0 Å². The van der Waals surface area contributed by atoms with Crippen molar-refractivity contribution in [3.8, 4) is 11.8 Å². The number of piperidine rings is 1. The van der Waals surface area contributed by atoms with E-state index in [0.29, 0.717) is 24.8 Å². The lowest BCUT2D eigenvalue weighted by molar-refractivity contribution is -0.149. The van der Waals surface area contributed by atoms with E-state index in [1.807, 2.05) is 5.06 Å². The van der Waals surface area contributed by atoms with Gasteiger partial charge in [0.25, 0.3) is 0 Å². The Hall–Kier alpha value is -1.05. The maximum atomic E-state index is 11.7. The van der Waals surface area contributed by atoms with Crippen LogP contribution in [0.5, 0.6) is 0 Å². The molecule has 0 atom stereocenters. The number of carbonyl (C=O) groups is 1. The number of nitrogens with one attached hydrogen (secondary N) is 1. The first-order valence-electron chi connectivity index (χ1n) is 6.82. The summed E-state index contributed by atoms with van der Waals surface area (Å²) in [6, 6.07) is 0. The minimum absolute atomic E-state index is 0.135. The molecule has 1 amide bonds. The topological polar surface area (TPSA) is 41.6 Å². The Balaban J connectivity index is 1.58. The lowest BCUT2D eigenvalue weighted by atomic mass is 9.94. The van der Waals surface area contributed by atoms with Crippen LogP contribution in [0.4, 0.5) is 0 Å². The van der Waals surface area contributed by atoms with Gasteiger partial charge in [-0.3, -0.25) is 4.79 Å². The van der Waals surface area contributed by atoms with E-state index in [2.05, 4.69) is 17.2 Å². The first kappa shape index (κ1) is 13.4. The molecule has 0 spiro atoms. The fourth-order valence-corrected chi connectivity index (χ4v) is 2.20. The summed E-state index contributed by atoms with van der Waals surface area (Å²) in [4.78, 5) is 16.9. The van der Waals surface area contributed by atoms with Gasteiger partial charge >= 0.3 is 0 Å². The monoisotopic (exact) mass is 250 g/mol. The summed E-state index contributed by atoms with van der Waals surface area (Å²) in [6.45, 7) is 2.36. The van der Waals surface area contributed by atoms with Crippen LogP contribution in [0.3, 0.4) is 0 Å². The van der Waals surface area contributed by atoms with Crippen molar-refractivity contribution < 1.29 is 9.63 Å². The second kappa shape index (κ2) is 6.77. The molecule has 2 fully saturated rings. The quantitative estimate of drug-likeness (QED) is 0.762. The molecule has 1 saturated carbocycles. The molecular weight excluding hydrogens is 228 g/mol. The van der Waals surface area contributed by atoms with Crippen LogP contribution in [-0.4, -0.2) is 37.7 Å². The molecule has 4 heteroatoms. The molecule has 4 nitrogen and oxygen atoms in total. The smallest absolute Gasteiger partial charge is 0.221 e. The Labute approximate surface area is 109 Å². The Bertz CT molecular complexity index is 333. The third kappa shape index (κ3) is 4.67. The second-order valence-electron chi connectivity index (χ2n) is 5.13. The third-order valence-electron chi connectivity index (χ3n) is 3.56. The van der Waals surface area contributed by atoms with Crippen molar-refractivity contribution in [2.45, 2.75) is 32.1 Å². The number of hydrogen-bond acceptors (Lipinski definition) is 3. The number of nitrogens with zero attached hydrogens (tertiary/aromatic N) is 1. The highest BCUT2D eigenvalue weighted by Crippen LogP contribution is 2.27. The zero-order chi connectivity index (χ0) is 12.8. The number of hydrogen-bond donors (Lipinski definition) is 1. The molecule has 0 bridgehead atoms. The first-order chi connectivity index (χ1) is 8.78. The summed E-state index contributed by atoms with van der Waals surface area (Å²) < 4.78 is 0. The minimum atomic E-state index is 0.135. The second-order valence-corrected chi connectivity index (χ2v) is 5.13. The van der Waals surface area contributed by atoms with Crippen molar-refractivity contribution in [1.82, 2.24) is 10.4 Å². The molecule has 0 unspecified atom stereocenters. The van der Waals surface area contributed by atoms with Gasteiger partial charge in [0.1, 0.15) is 0 Å². The van der Waals surface area contributed by atoms with Gasteiger partial charge in [0.15, 0.2) is 0 Å². The van der Waals surface area contributed by atoms with Crippen LogP contribution in [0, 0.1) is 23.7 Å². The average molecular weight is 250 g/mol. The van der Waals surface area contributed by atoms with E-state index in [9.17, 15) is 4.79 Å². The fourth-order valence-electron chi connectivity index (χ4n) is 2.20. The lowest BCUT2D eigenvalue weighted by Crippen LogP contribution is -2.35. The molecule has 100 valence electrons. The van der Waals surface area contributed by atoms with Crippen LogP contribution in [0.15, 0.2) is 0 Å². The molecule has 1 aliphatic heterocycles. The predicted octanol–water partition coefficient (Wildman–Crippen LogP) is 1.18. The largest absolute Gasteiger partial charge is 0.345 e. The van der Waals surface area contributed by atoms with Gasteiger partial charge in [-0.1, -0.05) is 11.8 Å². The van der Waals surface area contributed by atoms with Crippen molar-refractivity contribution >= 4 is 5.91 Å². The zero-order valence-corrected chi connectivity index (χ0v) is 11.1. The molecule has 0 aromatic carbocycles. The number of amides is 1. The van der Waals surface area contributed by atoms with Gasteiger partial charge in [-0.2, -0.15) is 5.06 Å². The van der Waals surface area contributed by atoms with Crippen LogP contribution in [0.25, 0.3) is 0 Å². The van der Waals surface area contributed by atoms with Gasteiger partial charge < -0.3 is 10.2 Å². The average Bonchev–Trinajstić information content (AvgIpc) is 3.20. The van der Waals surface area contributed by atoms with Gasteiger partial charge in [-0.25, -0.2) is 0 Å². The van der Waals surface area contributed by atoms with Gasteiger partial charge in [0, 0.05) is 25.4 Å². The molecule has 1 heterocycles. The van der Waals surface area contributed by atoms with E-state index in [4.69, 9.17) is 4.84 Å². The Morgan fingerprint density at radius 2 is 2.06 bits per heavy atom. The van der Waals surface area contributed by atoms with Crippen molar-refractivity contribution in [2.24, 2.45) is 11.8 Å². The molecule has 1 N–H and O–H groups in total.